The zero-order valence-electron chi connectivity index (χ0n) is 19.3. The van der Waals surface area contributed by atoms with E-state index in [1.54, 1.807) is 13.0 Å². The molecule has 5 nitrogen and oxygen atoms in total. The number of rotatable bonds is 7. The van der Waals surface area contributed by atoms with Crippen molar-refractivity contribution in [3.8, 4) is 22.8 Å². The molecule has 34 heavy (non-hydrogen) atoms. The van der Waals surface area contributed by atoms with Crippen molar-refractivity contribution in [1.82, 2.24) is 4.98 Å². The Kier molecular flexibility index (Phi) is 5.98. The fourth-order valence-corrected chi connectivity index (χ4v) is 5.04. The molecular weight excluding hydrogens is 433 g/mol. The van der Waals surface area contributed by atoms with Crippen molar-refractivity contribution >= 4 is 5.97 Å². The number of methoxy groups -OCH3 is 1. The molecule has 2 heterocycles. The predicted molar refractivity (Wildman–Crippen MR) is 127 cm³/mol. The zero-order chi connectivity index (χ0) is 23.8. The average Bonchev–Trinajstić information content (AvgIpc) is 3.69. The fraction of sp³-hybridized carbons (Fsp3) is 0.357. The van der Waals surface area contributed by atoms with E-state index in [9.17, 15) is 14.3 Å². The second kappa shape index (κ2) is 9.09. The van der Waals surface area contributed by atoms with Crippen LogP contribution in [0.3, 0.4) is 0 Å². The summed E-state index contributed by atoms with van der Waals surface area (Å²) in [6, 6.07) is 15.5. The number of aryl methyl sites for hydroxylation is 1. The van der Waals surface area contributed by atoms with Crippen LogP contribution in [0.15, 0.2) is 54.7 Å². The largest absolute Gasteiger partial charge is 0.485 e. The number of carboxylic acids is 1. The maximum absolute atomic E-state index is 14.3. The first-order chi connectivity index (χ1) is 16.4. The van der Waals surface area contributed by atoms with Gasteiger partial charge in [-0.25, -0.2) is 9.37 Å². The summed E-state index contributed by atoms with van der Waals surface area (Å²) < 4.78 is 25.8. The summed E-state index contributed by atoms with van der Waals surface area (Å²) in [5, 5.41) is 9.61. The number of ether oxygens (including phenoxy) is 2. The Hall–Kier alpha value is -3.41. The summed E-state index contributed by atoms with van der Waals surface area (Å²) in [5.74, 6) is 0.0731. The van der Waals surface area contributed by atoms with Gasteiger partial charge in [0, 0.05) is 11.6 Å². The van der Waals surface area contributed by atoms with E-state index in [-0.39, 0.29) is 12.0 Å². The van der Waals surface area contributed by atoms with Crippen molar-refractivity contribution in [3.05, 3.63) is 77.2 Å². The molecule has 176 valence electrons. The Labute approximate surface area is 198 Å². The molecular formula is C28H28FNO4. The number of carboxylic acid groups (broad SMARTS) is 1. The Morgan fingerprint density at radius 1 is 1.15 bits per heavy atom. The molecule has 2 aromatic carbocycles. The Bertz CT molecular complexity index is 1210. The molecule has 0 radical (unpaired) electrons. The Morgan fingerprint density at radius 2 is 1.91 bits per heavy atom. The lowest BCUT2D eigenvalue weighted by atomic mass is 9.82. The van der Waals surface area contributed by atoms with Crippen LogP contribution in [0, 0.1) is 17.7 Å². The van der Waals surface area contributed by atoms with Crippen molar-refractivity contribution in [2.45, 2.75) is 44.6 Å². The number of carbonyl (C=O) groups is 1. The van der Waals surface area contributed by atoms with Crippen molar-refractivity contribution in [3.63, 3.8) is 0 Å². The van der Waals surface area contributed by atoms with Crippen molar-refractivity contribution in [2.24, 2.45) is 11.8 Å². The number of benzene rings is 2. The number of fused-ring (bicyclic) bond motifs is 1. The van der Waals surface area contributed by atoms with Gasteiger partial charge in [0.25, 0.3) is 0 Å². The molecule has 1 aliphatic carbocycles. The minimum absolute atomic E-state index is 0.0123. The summed E-state index contributed by atoms with van der Waals surface area (Å²) in [7, 11) is 1.51. The minimum Gasteiger partial charge on any atom is -0.485 e. The third-order valence-electron chi connectivity index (χ3n) is 7.11. The molecule has 2 aliphatic rings. The lowest BCUT2D eigenvalue weighted by Crippen LogP contribution is -2.21. The summed E-state index contributed by atoms with van der Waals surface area (Å²) in [6.07, 6.45) is 4.96. The van der Waals surface area contributed by atoms with E-state index in [4.69, 9.17) is 9.47 Å². The number of aromatic nitrogens is 1. The van der Waals surface area contributed by atoms with Crippen LogP contribution in [-0.4, -0.2) is 23.2 Å². The van der Waals surface area contributed by atoms with E-state index in [1.165, 1.54) is 13.3 Å². The molecule has 0 amide bonds. The first kappa shape index (κ1) is 22.4. The average molecular weight is 462 g/mol. The topological polar surface area (TPSA) is 68.7 Å². The van der Waals surface area contributed by atoms with Gasteiger partial charge in [-0.05, 0) is 65.8 Å². The molecule has 1 saturated carbocycles. The molecule has 1 unspecified atom stereocenters. The van der Waals surface area contributed by atoms with Gasteiger partial charge in [0.05, 0.1) is 19.2 Å². The highest BCUT2D eigenvalue weighted by molar-refractivity contribution is 5.71. The van der Waals surface area contributed by atoms with Crippen molar-refractivity contribution < 1.29 is 23.8 Å². The van der Waals surface area contributed by atoms with Crippen LogP contribution in [0.4, 0.5) is 4.39 Å². The van der Waals surface area contributed by atoms with Crippen LogP contribution < -0.4 is 9.47 Å². The van der Waals surface area contributed by atoms with Gasteiger partial charge in [-0.2, -0.15) is 0 Å². The quantitative estimate of drug-likeness (QED) is 0.455. The highest BCUT2D eigenvalue weighted by Crippen LogP contribution is 2.48. The van der Waals surface area contributed by atoms with Gasteiger partial charge in [0.15, 0.2) is 0 Å². The molecule has 1 aliphatic heterocycles. The molecule has 0 bridgehead atoms. The van der Waals surface area contributed by atoms with Gasteiger partial charge in [-0.3, -0.25) is 4.79 Å². The SMILES string of the molecule is COc1cc(-c2ccc(C3CCc4ccc([C@H](C5CC5)[C@H](C)C(=O)O)cc4O3)cc2)c(F)cn1. The molecule has 6 heteroatoms. The van der Waals surface area contributed by atoms with Gasteiger partial charge >= 0.3 is 5.97 Å². The number of aliphatic carboxylic acids is 1. The number of hydrogen-bond donors (Lipinski definition) is 1. The molecule has 0 saturated heterocycles. The number of halogens is 1. The Balaban J connectivity index is 1.37. The van der Waals surface area contributed by atoms with E-state index in [0.717, 1.165) is 53.7 Å². The number of pyridine rings is 1. The summed E-state index contributed by atoms with van der Waals surface area (Å²) in [6.45, 7) is 1.80. The second-order valence-corrected chi connectivity index (χ2v) is 9.33. The first-order valence-corrected chi connectivity index (χ1v) is 11.8. The van der Waals surface area contributed by atoms with Crippen LogP contribution in [-0.2, 0) is 11.2 Å². The van der Waals surface area contributed by atoms with Gasteiger partial charge < -0.3 is 14.6 Å². The highest BCUT2D eigenvalue weighted by Gasteiger charge is 2.39. The Morgan fingerprint density at radius 3 is 2.59 bits per heavy atom. The summed E-state index contributed by atoms with van der Waals surface area (Å²) >= 11 is 0. The predicted octanol–water partition coefficient (Wildman–Crippen LogP) is 6.18. The maximum Gasteiger partial charge on any atom is 0.306 e. The van der Waals surface area contributed by atoms with Crippen LogP contribution in [0.25, 0.3) is 11.1 Å². The number of hydrogen-bond acceptors (Lipinski definition) is 4. The standard InChI is InChI=1S/C28H28FNO4/c1-16(28(31)32)27(20-8-9-20)21-10-7-19-11-12-24(34-25(19)13-21)18-5-3-17(4-6-18)22-14-26(33-2)30-15-23(22)29/h3-7,10,13-16,20,24,27H,8-9,11-12H2,1-2H3,(H,31,32)/t16-,24?,27-/m0/s1. The molecule has 0 spiro atoms. The lowest BCUT2D eigenvalue weighted by molar-refractivity contribution is -0.142. The van der Waals surface area contributed by atoms with Gasteiger partial charge in [-0.15, -0.1) is 0 Å². The molecule has 5 rings (SSSR count). The molecule has 1 aromatic heterocycles. The van der Waals surface area contributed by atoms with E-state index >= 15 is 0 Å². The fourth-order valence-electron chi connectivity index (χ4n) is 5.04. The van der Waals surface area contributed by atoms with E-state index in [1.807, 2.05) is 24.3 Å². The van der Waals surface area contributed by atoms with Crippen LogP contribution in [0.2, 0.25) is 0 Å². The van der Waals surface area contributed by atoms with Gasteiger partial charge in [0.1, 0.15) is 17.7 Å². The molecule has 1 fully saturated rings. The maximum atomic E-state index is 14.3. The first-order valence-electron chi connectivity index (χ1n) is 11.8. The second-order valence-electron chi connectivity index (χ2n) is 9.33. The van der Waals surface area contributed by atoms with E-state index in [2.05, 4.69) is 23.2 Å². The van der Waals surface area contributed by atoms with Crippen LogP contribution in [0.1, 0.15) is 54.9 Å². The monoisotopic (exact) mass is 461 g/mol. The van der Waals surface area contributed by atoms with Crippen molar-refractivity contribution in [2.75, 3.05) is 7.11 Å². The number of nitrogens with zero attached hydrogens (tertiary/aromatic N) is 1. The van der Waals surface area contributed by atoms with E-state index < -0.39 is 17.7 Å². The highest BCUT2D eigenvalue weighted by atomic mass is 19.1. The third-order valence-corrected chi connectivity index (χ3v) is 7.11. The minimum atomic E-state index is -0.753. The van der Waals surface area contributed by atoms with Gasteiger partial charge in [0.2, 0.25) is 5.88 Å². The van der Waals surface area contributed by atoms with Crippen molar-refractivity contribution in [1.29, 1.82) is 0 Å². The van der Waals surface area contributed by atoms with E-state index in [0.29, 0.717) is 17.4 Å². The summed E-state index contributed by atoms with van der Waals surface area (Å²) in [5.41, 5.74) is 4.42. The third kappa shape index (κ3) is 4.37. The van der Waals surface area contributed by atoms with Crippen LogP contribution >= 0.6 is 0 Å². The normalized spacial score (nSPS) is 19.0. The van der Waals surface area contributed by atoms with Gasteiger partial charge in [-0.1, -0.05) is 43.3 Å². The molecule has 3 atom stereocenters. The molecule has 3 aromatic rings. The summed E-state index contributed by atoms with van der Waals surface area (Å²) in [4.78, 5) is 15.6. The smallest absolute Gasteiger partial charge is 0.306 e. The molecule has 1 N–H and O–H groups in total. The van der Waals surface area contributed by atoms with Crippen LogP contribution in [0.5, 0.6) is 11.6 Å². The lowest BCUT2D eigenvalue weighted by Gasteiger charge is -2.29. The zero-order valence-corrected chi connectivity index (χ0v) is 19.3.